The van der Waals surface area contributed by atoms with Gasteiger partial charge in [-0.25, -0.2) is 9.18 Å². The Morgan fingerprint density at radius 1 is 1.25 bits per heavy atom. The number of hydrogen-bond acceptors (Lipinski definition) is 4. The number of ketones is 1. The number of halogens is 1. The van der Waals surface area contributed by atoms with Crippen LogP contribution in [0.3, 0.4) is 0 Å². The Kier molecular flexibility index (Phi) is 5.06. The van der Waals surface area contributed by atoms with Crippen molar-refractivity contribution in [2.45, 2.75) is 30.6 Å². The van der Waals surface area contributed by atoms with Crippen molar-refractivity contribution in [3.63, 3.8) is 0 Å². The maximum absolute atomic E-state index is 13.2. The van der Waals surface area contributed by atoms with Crippen molar-refractivity contribution in [2.75, 3.05) is 13.1 Å². The van der Waals surface area contributed by atoms with E-state index in [0.717, 1.165) is 18.4 Å². The number of hydrogen-bond donors (Lipinski definition) is 2. The number of thiol groups is 1. The third-order valence-corrected chi connectivity index (χ3v) is 5.20. The van der Waals surface area contributed by atoms with Gasteiger partial charge in [0.2, 0.25) is 0 Å². The van der Waals surface area contributed by atoms with Crippen LogP contribution in [-0.4, -0.2) is 40.1 Å². The Bertz CT molecular complexity index is 669. The van der Waals surface area contributed by atoms with E-state index in [0.29, 0.717) is 25.1 Å². The number of Topliss-reactive ketones (excluding diaryl/α,β-unsaturated/α-hetero) is 1. The van der Waals surface area contributed by atoms with Crippen LogP contribution in [0.5, 0.6) is 0 Å². The molecule has 1 aromatic rings. The van der Waals surface area contributed by atoms with Gasteiger partial charge in [-0.1, -0.05) is 12.1 Å². The summed E-state index contributed by atoms with van der Waals surface area (Å²) in [6.07, 6.45) is 3.67. The van der Waals surface area contributed by atoms with Crippen molar-refractivity contribution in [3.05, 3.63) is 47.3 Å². The highest BCUT2D eigenvalue weighted by Gasteiger charge is 2.39. The highest BCUT2D eigenvalue weighted by molar-refractivity contribution is 7.81. The molecule has 1 aliphatic carbocycles. The first-order valence-electron chi connectivity index (χ1n) is 8.10. The first-order valence-corrected chi connectivity index (χ1v) is 8.62. The zero-order chi connectivity index (χ0) is 17.3. The average Bonchev–Trinajstić information content (AvgIpc) is 3.37. The van der Waals surface area contributed by atoms with Gasteiger partial charge in [0.15, 0.2) is 5.78 Å². The lowest BCUT2D eigenvalue weighted by Crippen LogP contribution is -2.42. The van der Waals surface area contributed by atoms with E-state index in [9.17, 15) is 14.0 Å². The summed E-state index contributed by atoms with van der Waals surface area (Å²) in [4.78, 5) is 25.8. The number of rotatable bonds is 5. The summed E-state index contributed by atoms with van der Waals surface area (Å²) >= 11 is 4.45. The van der Waals surface area contributed by atoms with Crippen LogP contribution in [0.25, 0.3) is 0 Å². The number of piperidine rings is 1. The smallest absolute Gasteiger partial charge is 0.328 e. The molecule has 4 nitrogen and oxygen atoms in total. The third-order valence-electron chi connectivity index (χ3n) is 4.61. The van der Waals surface area contributed by atoms with Crippen LogP contribution in [0.4, 0.5) is 4.39 Å². The SMILES string of the molecule is O=C(O)/C=C1/CN([C@H](C(=O)C2CC2)c2ccc(F)cc2)CC[C@@H]1S. The molecule has 128 valence electrons. The fourth-order valence-corrected chi connectivity index (χ4v) is 3.48. The Labute approximate surface area is 145 Å². The number of carbonyl (C=O) groups excluding carboxylic acids is 1. The highest BCUT2D eigenvalue weighted by atomic mass is 32.1. The van der Waals surface area contributed by atoms with Gasteiger partial charge in [-0.05, 0) is 42.5 Å². The standard InChI is InChI=1S/C18H20FNO3S/c19-14-5-3-11(4-6-14)17(18(23)12-1-2-12)20-8-7-15(24)13(10-20)9-16(21)22/h3-6,9,12,15,17,24H,1-2,7-8,10H2,(H,21,22)/b13-9-/t15-,17-/m0/s1. The fraction of sp³-hybridized carbons (Fsp3) is 0.444. The minimum absolute atomic E-state index is 0.0701. The van der Waals surface area contributed by atoms with Gasteiger partial charge < -0.3 is 5.11 Å². The molecule has 1 aliphatic heterocycles. The lowest BCUT2D eigenvalue weighted by Gasteiger charge is -2.37. The summed E-state index contributed by atoms with van der Waals surface area (Å²) in [6.45, 7) is 1.05. The molecular formula is C18H20FNO3S. The highest BCUT2D eigenvalue weighted by Crippen LogP contribution is 2.38. The molecule has 0 radical (unpaired) electrons. The van der Waals surface area contributed by atoms with Crippen molar-refractivity contribution in [3.8, 4) is 0 Å². The predicted octanol–water partition coefficient (Wildman–Crippen LogP) is 2.86. The van der Waals surface area contributed by atoms with Crippen LogP contribution >= 0.6 is 12.6 Å². The first kappa shape index (κ1) is 17.2. The number of nitrogens with zero attached hydrogens (tertiary/aromatic N) is 1. The Morgan fingerprint density at radius 3 is 2.50 bits per heavy atom. The van der Waals surface area contributed by atoms with Gasteiger partial charge in [0, 0.05) is 30.3 Å². The van der Waals surface area contributed by atoms with Crippen LogP contribution < -0.4 is 0 Å². The van der Waals surface area contributed by atoms with Gasteiger partial charge in [0.1, 0.15) is 5.82 Å². The molecule has 2 fully saturated rings. The van der Waals surface area contributed by atoms with E-state index in [1.807, 2.05) is 4.90 Å². The molecule has 6 heteroatoms. The van der Waals surface area contributed by atoms with E-state index < -0.39 is 12.0 Å². The molecule has 1 aromatic carbocycles. The molecule has 3 rings (SSSR count). The molecule has 2 atom stereocenters. The first-order chi connectivity index (χ1) is 11.5. The normalized spacial score (nSPS) is 24.8. The minimum Gasteiger partial charge on any atom is -0.478 e. The van der Waals surface area contributed by atoms with Gasteiger partial charge in [0.25, 0.3) is 0 Å². The molecule has 2 aliphatic rings. The molecular weight excluding hydrogens is 329 g/mol. The van der Waals surface area contributed by atoms with Crippen LogP contribution in [0.15, 0.2) is 35.9 Å². The van der Waals surface area contributed by atoms with Crippen LogP contribution in [0.1, 0.15) is 30.9 Å². The summed E-state index contributed by atoms with van der Waals surface area (Å²) in [5.74, 6) is -1.12. The van der Waals surface area contributed by atoms with Crippen molar-refractivity contribution in [2.24, 2.45) is 5.92 Å². The van der Waals surface area contributed by atoms with E-state index in [2.05, 4.69) is 12.6 Å². The lowest BCUT2D eigenvalue weighted by molar-refractivity contribution is -0.131. The summed E-state index contributed by atoms with van der Waals surface area (Å²) in [5.41, 5.74) is 1.47. The molecule has 0 unspecified atom stereocenters. The molecule has 24 heavy (non-hydrogen) atoms. The van der Waals surface area contributed by atoms with Gasteiger partial charge >= 0.3 is 5.97 Å². The molecule has 1 saturated carbocycles. The zero-order valence-corrected chi connectivity index (χ0v) is 14.1. The van der Waals surface area contributed by atoms with Crippen molar-refractivity contribution < 1.29 is 19.1 Å². The fourth-order valence-electron chi connectivity index (χ4n) is 3.20. The average molecular weight is 349 g/mol. The lowest BCUT2D eigenvalue weighted by atomic mass is 9.94. The summed E-state index contributed by atoms with van der Waals surface area (Å²) in [5, 5.41) is 8.92. The molecule has 1 heterocycles. The zero-order valence-electron chi connectivity index (χ0n) is 13.2. The minimum atomic E-state index is -1.00. The van der Waals surface area contributed by atoms with Crippen molar-refractivity contribution in [1.82, 2.24) is 4.90 Å². The van der Waals surface area contributed by atoms with E-state index >= 15 is 0 Å². The second-order valence-electron chi connectivity index (χ2n) is 6.46. The second-order valence-corrected chi connectivity index (χ2v) is 7.09. The molecule has 0 amide bonds. The second kappa shape index (κ2) is 7.07. The van der Waals surface area contributed by atoms with Crippen LogP contribution in [0, 0.1) is 11.7 Å². The van der Waals surface area contributed by atoms with E-state index in [4.69, 9.17) is 5.11 Å². The summed E-state index contributed by atoms with van der Waals surface area (Å²) in [6, 6.07) is 5.57. The summed E-state index contributed by atoms with van der Waals surface area (Å²) in [7, 11) is 0. The maximum atomic E-state index is 13.2. The quantitative estimate of drug-likeness (QED) is 0.634. The Morgan fingerprint density at radius 2 is 1.92 bits per heavy atom. The number of aliphatic carboxylic acids is 1. The van der Waals surface area contributed by atoms with Gasteiger partial charge in [-0.2, -0.15) is 12.6 Å². The Hall–Kier alpha value is -1.66. The third kappa shape index (κ3) is 3.87. The number of carboxylic acids is 1. The largest absolute Gasteiger partial charge is 0.478 e. The summed E-state index contributed by atoms with van der Waals surface area (Å²) < 4.78 is 13.2. The van der Waals surface area contributed by atoms with E-state index in [1.54, 1.807) is 12.1 Å². The van der Waals surface area contributed by atoms with Crippen molar-refractivity contribution >= 4 is 24.4 Å². The van der Waals surface area contributed by atoms with Crippen LogP contribution in [-0.2, 0) is 9.59 Å². The molecule has 0 bridgehead atoms. The predicted molar refractivity (Wildman–Crippen MR) is 91.6 cm³/mol. The van der Waals surface area contributed by atoms with Gasteiger partial charge in [0.05, 0.1) is 6.04 Å². The number of carbonyl (C=O) groups is 2. The number of likely N-dealkylation sites (tertiary alicyclic amines) is 1. The van der Waals surface area contributed by atoms with Crippen LogP contribution in [0.2, 0.25) is 0 Å². The maximum Gasteiger partial charge on any atom is 0.328 e. The Balaban J connectivity index is 1.89. The number of carboxylic acid groups (broad SMARTS) is 1. The molecule has 0 aromatic heterocycles. The van der Waals surface area contributed by atoms with Crippen molar-refractivity contribution in [1.29, 1.82) is 0 Å². The topological polar surface area (TPSA) is 57.6 Å². The van der Waals surface area contributed by atoms with E-state index in [-0.39, 0.29) is 22.8 Å². The molecule has 0 spiro atoms. The van der Waals surface area contributed by atoms with E-state index in [1.165, 1.54) is 18.2 Å². The number of benzene rings is 1. The van der Waals surface area contributed by atoms with Gasteiger partial charge in [-0.3, -0.25) is 9.69 Å². The molecule has 1 N–H and O–H groups in total. The monoisotopic (exact) mass is 349 g/mol. The van der Waals surface area contributed by atoms with Gasteiger partial charge in [-0.15, -0.1) is 0 Å². The molecule has 1 saturated heterocycles.